The average Bonchev–Trinajstić information content (AvgIpc) is 2.58. The number of rotatable bonds is 4. The van der Waals surface area contributed by atoms with Crippen LogP contribution in [0.5, 0.6) is 0 Å². The highest BCUT2D eigenvalue weighted by Crippen LogP contribution is 2.15. The molecule has 0 saturated carbocycles. The van der Waals surface area contributed by atoms with E-state index in [-0.39, 0.29) is 0 Å². The van der Waals surface area contributed by atoms with Crippen LogP contribution in [0.25, 0.3) is 0 Å². The highest BCUT2D eigenvalue weighted by Gasteiger charge is 2.10. The summed E-state index contributed by atoms with van der Waals surface area (Å²) >= 11 is 5.35. The van der Waals surface area contributed by atoms with Gasteiger partial charge in [-0.25, -0.2) is 0 Å². The van der Waals surface area contributed by atoms with Gasteiger partial charge < -0.3 is 10.6 Å². The van der Waals surface area contributed by atoms with Crippen molar-refractivity contribution in [1.29, 1.82) is 0 Å². The smallest absolute Gasteiger partial charge is 0.175 e. The molecule has 1 aliphatic rings. The highest BCUT2D eigenvalue weighted by molar-refractivity contribution is 7.80. The summed E-state index contributed by atoms with van der Waals surface area (Å²) in [6.07, 6.45) is 4.04. The van der Waals surface area contributed by atoms with Crippen LogP contribution in [0.2, 0.25) is 0 Å². The normalized spacial score (nSPS) is 15.1. The van der Waals surface area contributed by atoms with Crippen molar-refractivity contribution in [3.8, 4) is 0 Å². The molecule has 2 aromatic carbocycles. The zero-order valence-corrected chi connectivity index (χ0v) is 14.1. The van der Waals surface area contributed by atoms with Crippen LogP contribution in [0, 0.1) is 0 Å². The van der Waals surface area contributed by atoms with Crippen molar-refractivity contribution in [3.05, 3.63) is 60.2 Å². The number of piperidine rings is 1. The van der Waals surface area contributed by atoms with Gasteiger partial charge in [-0.3, -0.25) is 4.90 Å². The Morgan fingerprint density at radius 2 is 1.43 bits per heavy atom. The molecule has 0 aliphatic carbocycles. The molecule has 0 radical (unpaired) electrons. The van der Waals surface area contributed by atoms with Crippen molar-refractivity contribution in [2.24, 2.45) is 0 Å². The van der Waals surface area contributed by atoms with Gasteiger partial charge in [-0.15, -0.1) is 0 Å². The zero-order chi connectivity index (χ0) is 15.9. The molecule has 23 heavy (non-hydrogen) atoms. The summed E-state index contributed by atoms with van der Waals surface area (Å²) in [5.74, 6) is 0. The van der Waals surface area contributed by atoms with Gasteiger partial charge in [0.15, 0.2) is 5.11 Å². The molecule has 0 bridgehead atoms. The number of hydrogen-bond acceptors (Lipinski definition) is 2. The van der Waals surface area contributed by atoms with E-state index in [1.165, 1.54) is 37.9 Å². The van der Waals surface area contributed by atoms with Gasteiger partial charge in [0.05, 0.1) is 0 Å². The van der Waals surface area contributed by atoms with Crippen molar-refractivity contribution in [3.63, 3.8) is 0 Å². The Kier molecular flexibility index (Phi) is 5.61. The quantitative estimate of drug-likeness (QED) is 0.811. The van der Waals surface area contributed by atoms with Crippen molar-refractivity contribution in [2.75, 3.05) is 23.7 Å². The largest absolute Gasteiger partial charge is 0.332 e. The Bertz CT molecular complexity index is 619. The standard InChI is InChI=1S/C19H23N3S/c23-19(20-17-7-3-1-4-8-17)21-18-11-9-16(10-12-18)15-22-13-5-2-6-14-22/h1,3-4,7-12H,2,5-6,13-15H2,(H2,20,21,23). The Balaban J connectivity index is 1.51. The molecule has 0 atom stereocenters. The number of anilines is 2. The van der Waals surface area contributed by atoms with Crippen molar-refractivity contribution in [2.45, 2.75) is 25.8 Å². The molecule has 1 heterocycles. The topological polar surface area (TPSA) is 27.3 Å². The molecule has 3 nitrogen and oxygen atoms in total. The second-order valence-corrected chi connectivity index (χ2v) is 6.39. The van der Waals surface area contributed by atoms with Gasteiger partial charge in [-0.2, -0.15) is 0 Å². The maximum atomic E-state index is 5.35. The van der Waals surface area contributed by atoms with Crippen LogP contribution >= 0.6 is 12.2 Å². The summed E-state index contributed by atoms with van der Waals surface area (Å²) in [4.78, 5) is 2.54. The number of thiocarbonyl (C=S) groups is 1. The van der Waals surface area contributed by atoms with Crippen molar-refractivity contribution in [1.82, 2.24) is 4.90 Å². The van der Waals surface area contributed by atoms with Crippen molar-refractivity contribution < 1.29 is 0 Å². The Hall–Kier alpha value is -1.91. The number of likely N-dealkylation sites (tertiary alicyclic amines) is 1. The SMILES string of the molecule is S=C(Nc1ccccc1)Nc1ccc(CN2CCCCC2)cc1. The van der Waals surface area contributed by atoms with Crippen LogP contribution in [0.15, 0.2) is 54.6 Å². The van der Waals surface area contributed by atoms with E-state index >= 15 is 0 Å². The summed E-state index contributed by atoms with van der Waals surface area (Å²) in [6, 6.07) is 18.5. The second kappa shape index (κ2) is 8.09. The molecule has 1 saturated heterocycles. The first-order chi connectivity index (χ1) is 11.3. The maximum absolute atomic E-state index is 5.35. The van der Waals surface area contributed by atoms with E-state index in [4.69, 9.17) is 12.2 Å². The molecule has 0 aromatic heterocycles. The predicted octanol–water partition coefficient (Wildman–Crippen LogP) is 4.48. The summed E-state index contributed by atoms with van der Waals surface area (Å²) in [5, 5.41) is 7.02. The lowest BCUT2D eigenvalue weighted by Crippen LogP contribution is -2.29. The Labute approximate surface area is 143 Å². The molecule has 120 valence electrons. The number of nitrogens with one attached hydrogen (secondary N) is 2. The minimum absolute atomic E-state index is 0.611. The molecule has 4 heteroatoms. The van der Waals surface area contributed by atoms with Crippen LogP contribution in [0.4, 0.5) is 11.4 Å². The van der Waals surface area contributed by atoms with E-state index < -0.39 is 0 Å². The van der Waals surface area contributed by atoms with Gasteiger partial charge in [0, 0.05) is 17.9 Å². The van der Waals surface area contributed by atoms with E-state index in [1.807, 2.05) is 30.3 Å². The molecule has 3 rings (SSSR count). The minimum atomic E-state index is 0.611. The van der Waals surface area contributed by atoms with Crippen LogP contribution in [0.3, 0.4) is 0 Å². The monoisotopic (exact) mass is 325 g/mol. The maximum Gasteiger partial charge on any atom is 0.175 e. The molecule has 0 unspecified atom stereocenters. The molecule has 2 N–H and O–H groups in total. The number of para-hydroxylation sites is 1. The molecule has 0 amide bonds. The molecular formula is C19H23N3S. The fourth-order valence-electron chi connectivity index (χ4n) is 2.88. The van der Waals surface area contributed by atoms with E-state index in [1.54, 1.807) is 0 Å². The van der Waals surface area contributed by atoms with Gasteiger partial charge in [-0.1, -0.05) is 36.8 Å². The number of nitrogens with zero attached hydrogens (tertiary/aromatic N) is 1. The summed E-state index contributed by atoms with van der Waals surface area (Å²) < 4.78 is 0. The van der Waals surface area contributed by atoms with E-state index in [0.717, 1.165) is 17.9 Å². The predicted molar refractivity (Wildman–Crippen MR) is 102 cm³/mol. The van der Waals surface area contributed by atoms with E-state index in [9.17, 15) is 0 Å². The van der Waals surface area contributed by atoms with Crippen LogP contribution < -0.4 is 10.6 Å². The van der Waals surface area contributed by atoms with Gasteiger partial charge in [0.1, 0.15) is 0 Å². The lowest BCUT2D eigenvalue weighted by atomic mass is 10.1. The molecular weight excluding hydrogens is 302 g/mol. The summed E-state index contributed by atoms with van der Waals surface area (Å²) in [7, 11) is 0. The fraction of sp³-hybridized carbons (Fsp3) is 0.316. The minimum Gasteiger partial charge on any atom is -0.332 e. The first-order valence-corrected chi connectivity index (χ1v) is 8.65. The third kappa shape index (κ3) is 5.05. The lowest BCUT2D eigenvalue weighted by Gasteiger charge is -2.26. The van der Waals surface area contributed by atoms with Crippen molar-refractivity contribution >= 4 is 28.7 Å². The first-order valence-electron chi connectivity index (χ1n) is 8.24. The van der Waals surface area contributed by atoms with Crippen LogP contribution in [-0.2, 0) is 6.54 Å². The van der Waals surface area contributed by atoms with Gasteiger partial charge >= 0.3 is 0 Å². The molecule has 1 aliphatic heterocycles. The van der Waals surface area contributed by atoms with Gasteiger partial charge in [0.2, 0.25) is 0 Å². The Morgan fingerprint density at radius 1 is 0.826 bits per heavy atom. The summed E-state index contributed by atoms with van der Waals surface area (Å²) in [6.45, 7) is 3.50. The average molecular weight is 325 g/mol. The van der Waals surface area contributed by atoms with E-state index in [2.05, 4.69) is 39.8 Å². The van der Waals surface area contributed by atoms with E-state index in [0.29, 0.717) is 5.11 Å². The van der Waals surface area contributed by atoms with Crippen LogP contribution in [-0.4, -0.2) is 23.1 Å². The van der Waals surface area contributed by atoms with Crippen LogP contribution in [0.1, 0.15) is 24.8 Å². The van der Waals surface area contributed by atoms with Gasteiger partial charge in [0.25, 0.3) is 0 Å². The highest BCUT2D eigenvalue weighted by atomic mass is 32.1. The molecule has 0 spiro atoms. The Morgan fingerprint density at radius 3 is 2.09 bits per heavy atom. The number of benzene rings is 2. The molecule has 2 aromatic rings. The zero-order valence-electron chi connectivity index (χ0n) is 13.3. The lowest BCUT2D eigenvalue weighted by molar-refractivity contribution is 0.221. The third-order valence-corrected chi connectivity index (χ3v) is 4.30. The first kappa shape index (κ1) is 16.0. The third-order valence-electron chi connectivity index (χ3n) is 4.10. The summed E-state index contributed by atoms with van der Waals surface area (Å²) in [5.41, 5.74) is 3.37. The molecule has 1 fully saturated rings. The van der Waals surface area contributed by atoms with Gasteiger partial charge in [-0.05, 0) is 68.0 Å². The second-order valence-electron chi connectivity index (χ2n) is 5.98. The number of hydrogen-bond donors (Lipinski definition) is 2. The fourth-order valence-corrected chi connectivity index (χ4v) is 3.12.